The summed E-state index contributed by atoms with van der Waals surface area (Å²) < 4.78 is 11.1. The van der Waals surface area contributed by atoms with Gasteiger partial charge in [-0.15, -0.1) is 0 Å². The summed E-state index contributed by atoms with van der Waals surface area (Å²) in [6.07, 6.45) is 8.23. The summed E-state index contributed by atoms with van der Waals surface area (Å²) in [7, 11) is 1.69. The fourth-order valence-corrected chi connectivity index (χ4v) is 2.75. The zero-order valence-electron chi connectivity index (χ0n) is 14.9. The van der Waals surface area contributed by atoms with Crippen molar-refractivity contribution in [2.24, 2.45) is 4.99 Å². The van der Waals surface area contributed by atoms with Gasteiger partial charge in [0, 0.05) is 32.5 Å². The third-order valence-electron chi connectivity index (χ3n) is 4.00. The number of ether oxygens (including phenoxy) is 2. The average molecular weight is 334 g/mol. The van der Waals surface area contributed by atoms with Gasteiger partial charge < -0.3 is 20.1 Å². The monoisotopic (exact) mass is 334 g/mol. The Morgan fingerprint density at radius 2 is 2.12 bits per heavy atom. The van der Waals surface area contributed by atoms with Gasteiger partial charge in [0.2, 0.25) is 5.88 Å². The number of nitrogens with one attached hydrogen (secondary N) is 2. The van der Waals surface area contributed by atoms with Gasteiger partial charge in [0.25, 0.3) is 0 Å². The van der Waals surface area contributed by atoms with Crippen molar-refractivity contribution in [3.63, 3.8) is 0 Å². The van der Waals surface area contributed by atoms with Gasteiger partial charge in [-0.25, -0.2) is 9.98 Å². The Bertz CT molecular complexity index is 502. The van der Waals surface area contributed by atoms with Gasteiger partial charge in [0.15, 0.2) is 5.96 Å². The van der Waals surface area contributed by atoms with Gasteiger partial charge in [-0.05, 0) is 44.2 Å². The number of aromatic nitrogens is 1. The van der Waals surface area contributed by atoms with E-state index in [4.69, 9.17) is 9.47 Å². The summed E-state index contributed by atoms with van der Waals surface area (Å²) in [5.74, 6) is 1.51. The van der Waals surface area contributed by atoms with Crippen LogP contribution in [0.1, 0.15) is 44.6 Å². The number of guanidine groups is 1. The van der Waals surface area contributed by atoms with Crippen LogP contribution in [-0.4, -0.2) is 43.9 Å². The first-order valence-corrected chi connectivity index (χ1v) is 8.94. The van der Waals surface area contributed by atoms with Crippen LogP contribution in [0.2, 0.25) is 0 Å². The van der Waals surface area contributed by atoms with Crippen molar-refractivity contribution in [3.05, 3.63) is 23.9 Å². The Labute approximate surface area is 145 Å². The lowest BCUT2D eigenvalue weighted by molar-refractivity contribution is 0.148. The second-order valence-electron chi connectivity index (χ2n) is 5.99. The Balaban J connectivity index is 1.90. The van der Waals surface area contributed by atoms with Crippen LogP contribution in [0.15, 0.2) is 23.3 Å². The molecule has 1 fully saturated rings. The summed E-state index contributed by atoms with van der Waals surface area (Å²) in [6, 6.07) is 3.98. The first-order valence-electron chi connectivity index (χ1n) is 8.94. The summed E-state index contributed by atoms with van der Waals surface area (Å²) in [5.41, 5.74) is 1.10. The standard InChI is InChI=1S/C18H30N4O2/c1-3-19-18(21-11-12-23-2)22-14-15-9-10-20-17(13-15)24-16-7-5-4-6-8-16/h9-10,13,16H,3-8,11-12,14H2,1-2H3,(H2,19,21,22). The summed E-state index contributed by atoms with van der Waals surface area (Å²) in [5, 5.41) is 6.47. The fourth-order valence-electron chi connectivity index (χ4n) is 2.75. The fraction of sp³-hybridized carbons (Fsp3) is 0.667. The molecule has 0 amide bonds. The molecule has 0 unspecified atom stereocenters. The number of hydrogen-bond acceptors (Lipinski definition) is 4. The maximum absolute atomic E-state index is 6.02. The van der Waals surface area contributed by atoms with E-state index in [0.717, 1.165) is 37.5 Å². The highest BCUT2D eigenvalue weighted by Crippen LogP contribution is 2.22. The molecule has 0 bridgehead atoms. The van der Waals surface area contributed by atoms with Gasteiger partial charge in [0.1, 0.15) is 6.10 Å². The number of aliphatic imine (C=N–C) groups is 1. The molecule has 134 valence electrons. The minimum Gasteiger partial charge on any atom is -0.474 e. The second-order valence-corrected chi connectivity index (χ2v) is 5.99. The van der Waals surface area contributed by atoms with E-state index in [0.29, 0.717) is 25.1 Å². The molecule has 0 radical (unpaired) electrons. The third kappa shape index (κ3) is 6.74. The van der Waals surface area contributed by atoms with Crippen LogP contribution in [0.25, 0.3) is 0 Å². The molecule has 6 heteroatoms. The molecule has 24 heavy (non-hydrogen) atoms. The molecule has 0 saturated heterocycles. The minimum absolute atomic E-state index is 0.318. The van der Waals surface area contributed by atoms with E-state index in [9.17, 15) is 0 Å². The highest BCUT2D eigenvalue weighted by atomic mass is 16.5. The van der Waals surface area contributed by atoms with Crippen LogP contribution in [0.3, 0.4) is 0 Å². The Kier molecular flexibility index (Phi) is 8.38. The average Bonchev–Trinajstić information content (AvgIpc) is 2.61. The number of methoxy groups -OCH3 is 1. The van der Waals surface area contributed by atoms with E-state index in [1.165, 1.54) is 19.3 Å². The maximum Gasteiger partial charge on any atom is 0.213 e. The predicted octanol–water partition coefficient (Wildman–Crippen LogP) is 2.49. The smallest absolute Gasteiger partial charge is 0.213 e. The van der Waals surface area contributed by atoms with Crippen molar-refractivity contribution >= 4 is 5.96 Å². The third-order valence-corrected chi connectivity index (χ3v) is 4.00. The zero-order chi connectivity index (χ0) is 17.0. The first kappa shape index (κ1) is 18.5. The van der Waals surface area contributed by atoms with E-state index >= 15 is 0 Å². The number of pyridine rings is 1. The molecule has 1 aromatic heterocycles. The van der Waals surface area contributed by atoms with Crippen LogP contribution in [0.4, 0.5) is 0 Å². The molecule has 1 aliphatic carbocycles. The van der Waals surface area contributed by atoms with Crippen molar-refractivity contribution in [2.75, 3.05) is 26.8 Å². The largest absolute Gasteiger partial charge is 0.474 e. The molecular weight excluding hydrogens is 304 g/mol. The summed E-state index contributed by atoms with van der Waals surface area (Å²) in [4.78, 5) is 8.94. The van der Waals surface area contributed by atoms with Gasteiger partial charge in [0.05, 0.1) is 13.2 Å². The van der Waals surface area contributed by atoms with Crippen LogP contribution < -0.4 is 15.4 Å². The van der Waals surface area contributed by atoms with Gasteiger partial charge in [-0.3, -0.25) is 0 Å². The maximum atomic E-state index is 6.02. The number of rotatable bonds is 8. The molecule has 0 aliphatic heterocycles. The van der Waals surface area contributed by atoms with Crippen molar-refractivity contribution < 1.29 is 9.47 Å². The minimum atomic E-state index is 0.318. The Morgan fingerprint density at radius 3 is 2.88 bits per heavy atom. The number of hydrogen-bond donors (Lipinski definition) is 2. The lowest BCUT2D eigenvalue weighted by atomic mass is 9.98. The predicted molar refractivity (Wildman–Crippen MR) is 96.4 cm³/mol. The molecule has 1 saturated carbocycles. The van der Waals surface area contributed by atoms with E-state index in [-0.39, 0.29) is 0 Å². The molecule has 0 atom stereocenters. The van der Waals surface area contributed by atoms with Crippen LogP contribution in [-0.2, 0) is 11.3 Å². The quantitative estimate of drug-likeness (QED) is 0.434. The van der Waals surface area contributed by atoms with Crippen LogP contribution >= 0.6 is 0 Å². The molecule has 1 heterocycles. The zero-order valence-corrected chi connectivity index (χ0v) is 14.9. The molecular formula is C18H30N4O2. The van der Waals surface area contributed by atoms with Gasteiger partial charge in [-0.2, -0.15) is 0 Å². The number of nitrogens with zero attached hydrogens (tertiary/aromatic N) is 2. The van der Waals surface area contributed by atoms with Crippen molar-refractivity contribution in [1.82, 2.24) is 15.6 Å². The second kappa shape index (κ2) is 10.9. The topological polar surface area (TPSA) is 67.8 Å². The molecule has 1 aliphatic rings. The molecule has 0 aromatic carbocycles. The van der Waals surface area contributed by atoms with Crippen molar-refractivity contribution in [1.29, 1.82) is 0 Å². The Hall–Kier alpha value is -1.82. The molecule has 1 aromatic rings. The highest BCUT2D eigenvalue weighted by molar-refractivity contribution is 5.79. The SMILES string of the molecule is CCNC(=NCc1ccnc(OC2CCCCC2)c1)NCCOC. The highest BCUT2D eigenvalue weighted by Gasteiger charge is 2.15. The normalized spacial score (nSPS) is 16.0. The summed E-state index contributed by atoms with van der Waals surface area (Å²) >= 11 is 0. The summed E-state index contributed by atoms with van der Waals surface area (Å²) in [6.45, 7) is 4.85. The lowest BCUT2D eigenvalue weighted by Gasteiger charge is -2.22. The lowest BCUT2D eigenvalue weighted by Crippen LogP contribution is -2.38. The van der Waals surface area contributed by atoms with Gasteiger partial charge >= 0.3 is 0 Å². The van der Waals surface area contributed by atoms with Gasteiger partial charge in [-0.1, -0.05) is 6.42 Å². The van der Waals surface area contributed by atoms with E-state index in [1.54, 1.807) is 13.3 Å². The van der Waals surface area contributed by atoms with Crippen LogP contribution in [0, 0.1) is 0 Å². The van der Waals surface area contributed by atoms with Crippen molar-refractivity contribution in [2.45, 2.75) is 51.7 Å². The first-order chi connectivity index (χ1) is 11.8. The molecule has 2 N–H and O–H groups in total. The van der Waals surface area contributed by atoms with E-state index in [2.05, 4.69) is 27.5 Å². The Morgan fingerprint density at radius 1 is 1.29 bits per heavy atom. The van der Waals surface area contributed by atoms with Crippen LogP contribution in [0.5, 0.6) is 5.88 Å². The van der Waals surface area contributed by atoms with E-state index in [1.807, 2.05) is 12.1 Å². The van der Waals surface area contributed by atoms with E-state index < -0.39 is 0 Å². The molecule has 0 spiro atoms. The molecule has 6 nitrogen and oxygen atoms in total. The molecule has 2 rings (SSSR count). The van der Waals surface area contributed by atoms with Crippen molar-refractivity contribution in [3.8, 4) is 5.88 Å².